The summed E-state index contributed by atoms with van der Waals surface area (Å²) in [6.45, 7) is 0. The summed E-state index contributed by atoms with van der Waals surface area (Å²) in [7, 11) is -1.36. The number of nitrogens with zero attached hydrogens (tertiary/aromatic N) is 2. The molecule has 0 aromatic carbocycles. The number of ketones is 1. The molecular weight excluding hydrogens is 216 g/mol. The highest BCUT2D eigenvalue weighted by atomic mass is 32.2. The predicted octanol–water partition coefficient (Wildman–Crippen LogP) is -0.0336. The van der Waals surface area contributed by atoms with E-state index in [0.717, 1.165) is 12.1 Å². The van der Waals surface area contributed by atoms with Gasteiger partial charge in [-0.2, -0.15) is 0 Å². The molecule has 0 bridgehead atoms. The van der Waals surface area contributed by atoms with Gasteiger partial charge in [-0.05, 0) is 0 Å². The maximum atomic E-state index is 11.2. The van der Waals surface area contributed by atoms with Crippen LogP contribution in [0.5, 0.6) is 0 Å². The average Bonchev–Trinajstić information content (AvgIpc) is 2.44. The molecule has 0 unspecified atom stereocenters. The van der Waals surface area contributed by atoms with Gasteiger partial charge in [-0.3, -0.25) is 4.79 Å². The van der Waals surface area contributed by atoms with Crippen molar-refractivity contribution in [3.63, 3.8) is 0 Å². The van der Waals surface area contributed by atoms with Crippen LogP contribution in [0.4, 0.5) is 0 Å². The number of carbonyl (C=O) groups is 1. The summed E-state index contributed by atoms with van der Waals surface area (Å²) >= 11 is 0. The van der Waals surface area contributed by atoms with Crippen molar-refractivity contribution < 1.29 is 13.2 Å². The predicted molar refractivity (Wildman–Crippen MR) is 56.2 cm³/mol. The molecule has 0 atom stereocenters. The molecule has 6 heteroatoms. The fourth-order valence-electron chi connectivity index (χ4n) is 1.25. The lowest BCUT2D eigenvalue weighted by Crippen LogP contribution is -2.15. The summed E-state index contributed by atoms with van der Waals surface area (Å²) in [4.78, 5) is 15.3. The SMILES string of the molecule is Cn1ccnc1CCC(=O)CS(C)(=O)=O. The maximum Gasteiger partial charge on any atom is 0.154 e. The van der Waals surface area contributed by atoms with Gasteiger partial charge in [0.1, 0.15) is 17.4 Å². The van der Waals surface area contributed by atoms with Crippen LogP contribution < -0.4 is 0 Å². The summed E-state index contributed by atoms with van der Waals surface area (Å²) in [5.41, 5.74) is 0. The highest BCUT2D eigenvalue weighted by Crippen LogP contribution is 2.00. The largest absolute Gasteiger partial charge is 0.338 e. The Morgan fingerprint density at radius 1 is 1.53 bits per heavy atom. The zero-order valence-corrected chi connectivity index (χ0v) is 9.62. The Hall–Kier alpha value is -1.17. The number of imidazole rings is 1. The molecule has 0 amide bonds. The average molecular weight is 230 g/mol. The van der Waals surface area contributed by atoms with E-state index in [1.807, 2.05) is 11.6 Å². The van der Waals surface area contributed by atoms with Gasteiger partial charge in [0.05, 0.1) is 0 Å². The van der Waals surface area contributed by atoms with E-state index in [-0.39, 0.29) is 18.0 Å². The molecule has 1 aromatic heterocycles. The molecule has 0 radical (unpaired) electrons. The number of sulfone groups is 1. The normalized spacial score (nSPS) is 11.6. The smallest absolute Gasteiger partial charge is 0.154 e. The number of hydrogen-bond donors (Lipinski definition) is 0. The van der Waals surface area contributed by atoms with Crippen LogP contribution >= 0.6 is 0 Å². The molecule has 0 saturated heterocycles. The van der Waals surface area contributed by atoms with Crippen LogP contribution in [0.1, 0.15) is 12.2 Å². The van der Waals surface area contributed by atoms with Crippen LogP contribution in [-0.4, -0.2) is 35.8 Å². The molecule has 15 heavy (non-hydrogen) atoms. The number of aromatic nitrogens is 2. The van der Waals surface area contributed by atoms with Crippen LogP contribution in [0.2, 0.25) is 0 Å². The van der Waals surface area contributed by atoms with Gasteiger partial charge in [0, 0.05) is 38.5 Å². The molecule has 0 aliphatic carbocycles. The Labute approximate surface area is 89.0 Å². The maximum absolute atomic E-state index is 11.2. The molecule has 0 N–H and O–H groups in total. The van der Waals surface area contributed by atoms with Gasteiger partial charge in [0.25, 0.3) is 0 Å². The molecule has 0 saturated carbocycles. The van der Waals surface area contributed by atoms with Crippen LogP contribution in [-0.2, 0) is 28.1 Å². The summed E-state index contributed by atoms with van der Waals surface area (Å²) in [6.07, 6.45) is 5.20. The van der Waals surface area contributed by atoms with Gasteiger partial charge < -0.3 is 4.57 Å². The zero-order valence-electron chi connectivity index (χ0n) is 8.80. The minimum Gasteiger partial charge on any atom is -0.338 e. The fraction of sp³-hybridized carbons (Fsp3) is 0.556. The van der Waals surface area contributed by atoms with Crippen molar-refractivity contribution in [1.29, 1.82) is 0 Å². The van der Waals surface area contributed by atoms with E-state index in [1.54, 1.807) is 12.4 Å². The molecule has 1 rings (SSSR count). The summed E-state index contributed by atoms with van der Waals surface area (Å²) in [5, 5.41) is 0. The standard InChI is InChI=1S/C9H14N2O3S/c1-11-6-5-10-9(11)4-3-8(12)7-15(2,13)14/h5-6H,3-4,7H2,1-2H3. The molecule has 1 aromatic rings. The summed E-state index contributed by atoms with van der Waals surface area (Å²) in [6, 6.07) is 0. The minimum absolute atomic E-state index is 0.220. The summed E-state index contributed by atoms with van der Waals surface area (Å²) in [5.74, 6) is 0.148. The van der Waals surface area contributed by atoms with Gasteiger partial charge in [-0.1, -0.05) is 0 Å². The number of rotatable bonds is 5. The van der Waals surface area contributed by atoms with Crippen molar-refractivity contribution in [2.75, 3.05) is 12.0 Å². The van der Waals surface area contributed by atoms with Crippen molar-refractivity contribution >= 4 is 15.6 Å². The Balaban J connectivity index is 2.45. The van der Waals surface area contributed by atoms with E-state index in [2.05, 4.69) is 4.98 Å². The third-order valence-electron chi connectivity index (χ3n) is 1.97. The molecule has 1 heterocycles. The zero-order chi connectivity index (χ0) is 11.5. The highest BCUT2D eigenvalue weighted by Gasteiger charge is 2.11. The van der Waals surface area contributed by atoms with Crippen LogP contribution in [0, 0.1) is 0 Å². The monoisotopic (exact) mass is 230 g/mol. The first kappa shape index (κ1) is 11.9. The van der Waals surface area contributed by atoms with E-state index >= 15 is 0 Å². The first-order chi connectivity index (χ1) is 6.88. The van der Waals surface area contributed by atoms with Crippen LogP contribution in [0.15, 0.2) is 12.4 Å². The van der Waals surface area contributed by atoms with E-state index in [0.29, 0.717) is 6.42 Å². The van der Waals surface area contributed by atoms with E-state index < -0.39 is 9.84 Å². The first-order valence-electron chi connectivity index (χ1n) is 4.54. The van der Waals surface area contributed by atoms with Gasteiger partial charge in [0.2, 0.25) is 0 Å². The lowest BCUT2D eigenvalue weighted by molar-refractivity contribution is -0.116. The van der Waals surface area contributed by atoms with E-state index in [1.165, 1.54) is 0 Å². The van der Waals surface area contributed by atoms with Crippen molar-refractivity contribution in [2.45, 2.75) is 12.8 Å². The van der Waals surface area contributed by atoms with Gasteiger partial charge in [0.15, 0.2) is 9.84 Å². The third kappa shape index (κ3) is 4.24. The lowest BCUT2D eigenvalue weighted by atomic mass is 10.2. The molecule has 84 valence electrons. The topological polar surface area (TPSA) is 69.0 Å². The third-order valence-corrected chi connectivity index (χ3v) is 2.82. The Morgan fingerprint density at radius 3 is 2.67 bits per heavy atom. The quantitative estimate of drug-likeness (QED) is 0.712. The number of hydrogen-bond acceptors (Lipinski definition) is 4. The van der Waals surface area contributed by atoms with E-state index in [4.69, 9.17) is 0 Å². The fourth-order valence-corrected chi connectivity index (χ4v) is 1.98. The van der Waals surface area contributed by atoms with Crippen molar-refractivity contribution in [3.05, 3.63) is 18.2 Å². The number of Topliss-reactive ketones (excluding diaryl/α,β-unsaturated/α-hetero) is 1. The van der Waals surface area contributed by atoms with Gasteiger partial charge >= 0.3 is 0 Å². The molecule has 5 nitrogen and oxygen atoms in total. The van der Waals surface area contributed by atoms with Gasteiger partial charge in [-0.15, -0.1) is 0 Å². The molecule has 0 fully saturated rings. The van der Waals surface area contributed by atoms with Crippen LogP contribution in [0.25, 0.3) is 0 Å². The molecule has 0 spiro atoms. The second-order valence-electron chi connectivity index (χ2n) is 3.56. The molecule has 0 aliphatic heterocycles. The Bertz CT molecular complexity index is 448. The summed E-state index contributed by atoms with van der Waals surface area (Å²) < 4.78 is 23.5. The van der Waals surface area contributed by atoms with Crippen molar-refractivity contribution in [1.82, 2.24) is 9.55 Å². The second kappa shape index (κ2) is 4.57. The van der Waals surface area contributed by atoms with Crippen molar-refractivity contribution in [3.8, 4) is 0 Å². The van der Waals surface area contributed by atoms with Crippen LogP contribution in [0.3, 0.4) is 0 Å². The Kier molecular flexibility index (Phi) is 3.62. The second-order valence-corrected chi connectivity index (χ2v) is 5.70. The Morgan fingerprint density at radius 2 is 2.20 bits per heavy atom. The molecule has 0 aliphatic rings. The first-order valence-corrected chi connectivity index (χ1v) is 6.60. The number of aryl methyl sites for hydroxylation is 2. The molecular formula is C9H14N2O3S. The lowest BCUT2D eigenvalue weighted by Gasteiger charge is -2.00. The minimum atomic E-state index is -3.20. The highest BCUT2D eigenvalue weighted by molar-refractivity contribution is 7.91. The van der Waals surface area contributed by atoms with E-state index in [9.17, 15) is 13.2 Å². The number of carbonyl (C=O) groups excluding carboxylic acids is 1. The van der Waals surface area contributed by atoms with Gasteiger partial charge in [-0.25, -0.2) is 13.4 Å². The van der Waals surface area contributed by atoms with Crippen molar-refractivity contribution in [2.24, 2.45) is 7.05 Å².